The number of rotatable bonds is 3. The van der Waals surface area contributed by atoms with Gasteiger partial charge in [0.15, 0.2) is 30.0 Å². The first kappa shape index (κ1) is 29.4. The number of anilines is 1. The van der Waals surface area contributed by atoms with Crippen molar-refractivity contribution in [1.82, 2.24) is 25.6 Å². The Kier molecular flexibility index (Phi) is 6.07. The average molecular weight is 679 g/mol. The highest BCUT2D eigenvalue weighted by molar-refractivity contribution is 6.07. The van der Waals surface area contributed by atoms with Crippen molar-refractivity contribution in [3.63, 3.8) is 0 Å². The lowest BCUT2D eigenvalue weighted by atomic mass is 9.72. The molecule has 0 aliphatic carbocycles. The number of H-pyrrole nitrogens is 1. The van der Waals surface area contributed by atoms with Gasteiger partial charge in [0.1, 0.15) is 23.2 Å². The van der Waals surface area contributed by atoms with Gasteiger partial charge in [-0.25, -0.2) is 14.8 Å². The van der Waals surface area contributed by atoms with Gasteiger partial charge in [0.25, 0.3) is 0 Å². The van der Waals surface area contributed by atoms with Crippen LogP contribution in [0.25, 0.3) is 44.9 Å². The monoisotopic (exact) mass is 678 g/mol. The summed E-state index contributed by atoms with van der Waals surface area (Å²) in [7, 11) is 0. The summed E-state index contributed by atoms with van der Waals surface area (Å²) in [6.07, 6.45) is 7.67. The summed E-state index contributed by atoms with van der Waals surface area (Å²) in [6.45, 7) is 3.69. The van der Waals surface area contributed by atoms with Crippen LogP contribution in [0.1, 0.15) is 48.2 Å². The van der Waals surface area contributed by atoms with E-state index in [1.165, 1.54) is 0 Å². The molecule has 10 bridgehead atoms. The van der Waals surface area contributed by atoms with Crippen molar-refractivity contribution in [2.45, 2.75) is 44.0 Å². The van der Waals surface area contributed by atoms with E-state index in [1.807, 2.05) is 50.4 Å². The second-order valence-corrected chi connectivity index (χ2v) is 13.6. The maximum atomic E-state index is 14.0. The fraction of sp³-hybridized carbons (Fsp3) is 0.231. The van der Waals surface area contributed by atoms with Crippen LogP contribution in [0.3, 0.4) is 0 Å². The van der Waals surface area contributed by atoms with Crippen LogP contribution in [-0.2, 0) is 21.4 Å². The lowest BCUT2D eigenvalue weighted by Gasteiger charge is -2.28. The van der Waals surface area contributed by atoms with Gasteiger partial charge in [-0.15, -0.1) is 6.42 Å². The van der Waals surface area contributed by atoms with Gasteiger partial charge in [-0.05, 0) is 29.2 Å². The summed E-state index contributed by atoms with van der Waals surface area (Å²) in [5.74, 6) is 3.90. The molecule has 4 aliphatic rings. The van der Waals surface area contributed by atoms with Gasteiger partial charge in [-0.1, -0.05) is 62.2 Å². The van der Waals surface area contributed by atoms with Gasteiger partial charge < -0.3 is 39.2 Å². The highest BCUT2D eigenvalue weighted by Crippen LogP contribution is 2.61. The number of aromatic nitrogens is 3. The molecule has 4 aliphatic heterocycles. The number of ether oxygens (including phenoxy) is 2. The molecule has 12 nitrogen and oxygen atoms in total. The van der Waals surface area contributed by atoms with Gasteiger partial charge in [-0.3, -0.25) is 4.79 Å². The molecule has 3 aromatic carbocycles. The number of carbonyl (C=O) groups is 2. The van der Waals surface area contributed by atoms with Gasteiger partial charge in [0, 0.05) is 51.5 Å². The first-order valence-corrected chi connectivity index (χ1v) is 16.8. The summed E-state index contributed by atoms with van der Waals surface area (Å²) in [5, 5.41) is 10.6. The third-order valence-corrected chi connectivity index (χ3v) is 10.4. The van der Waals surface area contributed by atoms with E-state index >= 15 is 0 Å². The highest BCUT2D eigenvalue weighted by atomic mass is 16.5. The van der Waals surface area contributed by atoms with Crippen LogP contribution in [0.2, 0.25) is 0 Å². The van der Waals surface area contributed by atoms with Crippen LogP contribution in [-0.4, -0.2) is 45.8 Å². The van der Waals surface area contributed by atoms with E-state index in [0.29, 0.717) is 23.0 Å². The first-order valence-electron chi connectivity index (χ1n) is 16.8. The van der Waals surface area contributed by atoms with Gasteiger partial charge in [-0.2, -0.15) is 0 Å². The molecule has 0 radical (unpaired) electrons. The van der Waals surface area contributed by atoms with Crippen molar-refractivity contribution in [1.29, 1.82) is 0 Å². The summed E-state index contributed by atoms with van der Waals surface area (Å²) < 4.78 is 25.4. The minimum absolute atomic E-state index is 0.163. The maximum absolute atomic E-state index is 14.0. The van der Waals surface area contributed by atoms with Gasteiger partial charge in [0.05, 0.1) is 6.20 Å². The minimum Gasteiger partial charge on any atom is -0.469 e. The number of oxazole rings is 2. The van der Waals surface area contributed by atoms with Crippen molar-refractivity contribution in [2.24, 2.45) is 5.92 Å². The predicted octanol–water partition coefficient (Wildman–Crippen LogP) is 6.03. The molecular formula is C39H30N6O6. The van der Waals surface area contributed by atoms with Crippen molar-refractivity contribution < 1.29 is 27.9 Å². The molecule has 51 heavy (non-hydrogen) atoms. The van der Waals surface area contributed by atoms with Crippen LogP contribution in [0, 0.1) is 18.3 Å². The zero-order chi connectivity index (χ0) is 34.6. The second kappa shape index (κ2) is 10.5. The third-order valence-electron chi connectivity index (χ3n) is 10.4. The number of nitrogens with one attached hydrogen (secondary N) is 4. The van der Waals surface area contributed by atoms with Crippen LogP contribution >= 0.6 is 0 Å². The summed E-state index contributed by atoms with van der Waals surface area (Å²) >= 11 is 0. The topological polar surface area (TPSA) is 157 Å². The smallest absolute Gasteiger partial charge is 0.408 e. The number of alkyl carbamates (subject to hydrolysis) is 1. The number of para-hydroxylation sites is 1. The van der Waals surface area contributed by atoms with E-state index in [4.69, 9.17) is 34.7 Å². The van der Waals surface area contributed by atoms with Crippen LogP contribution < -0.4 is 20.7 Å². The Balaban J connectivity index is 1.29. The largest absolute Gasteiger partial charge is 0.469 e. The van der Waals surface area contributed by atoms with Gasteiger partial charge in [0.2, 0.25) is 17.7 Å². The Morgan fingerprint density at radius 2 is 1.96 bits per heavy atom. The number of benzene rings is 3. The number of hydrogen-bond acceptors (Lipinski definition) is 9. The predicted molar refractivity (Wildman–Crippen MR) is 186 cm³/mol. The van der Waals surface area contributed by atoms with E-state index in [0.717, 1.165) is 50.0 Å². The summed E-state index contributed by atoms with van der Waals surface area (Å²) in [4.78, 5) is 40.0. The van der Waals surface area contributed by atoms with Crippen LogP contribution in [0.15, 0.2) is 75.8 Å². The molecule has 6 aromatic rings. The molecule has 252 valence electrons. The number of nitrogens with zero attached hydrogens (tertiary/aromatic N) is 2. The van der Waals surface area contributed by atoms with Crippen LogP contribution in [0.5, 0.6) is 5.75 Å². The van der Waals surface area contributed by atoms with E-state index in [1.54, 1.807) is 6.20 Å². The molecule has 0 saturated carbocycles. The van der Waals surface area contributed by atoms with E-state index in [2.05, 4.69) is 51.1 Å². The fourth-order valence-electron chi connectivity index (χ4n) is 8.15. The zero-order valence-electron chi connectivity index (χ0n) is 27.5. The Hall–Kier alpha value is -6.48. The number of carbonyl (C=O) groups excluding carboxylic acids is 2. The quantitative estimate of drug-likeness (QED) is 0.164. The van der Waals surface area contributed by atoms with Crippen LogP contribution in [0.4, 0.5) is 10.5 Å². The number of terminal acetylenes is 1. The molecule has 2 amide bonds. The number of fused-ring (bicyclic) bond motifs is 7. The normalized spacial score (nSPS) is 21.8. The Labute approximate surface area is 290 Å². The Morgan fingerprint density at radius 3 is 2.82 bits per heavy atom. The molecule has 1 unspecified atom stereocenters. The summed E-state index contributed by atoms with van der Waals surface area (Å²) in [5.41, 5.74) is 6.59. The first-order chi connectivity index (χ1) is 24.8. The summed E-state index contributed by atoms with van der Waals surface area (Å²) in [6, 6.07) is 16.5. The number of hydrogen-bond donors (Lipinski definition) is 4. The maximum Gasteiger partial charge on any atom is 0.408 e. The Morgan fingerprint density at radius 1 is 1.10 bits per heavy atom. The van der Waals surface area contributed by atoms with Gasteiger partial charge >= 0.3 is 6.09 Å². The van der Waals surface area contributed by atoms with E-state index < -0.39 is 35.7 Å². The SMILES string of the molecule is C#CCOC(=O)N[C@H]1Cc2ccc3c(c2)[C@]24c5cccc(c5NC2O3)-c2cccc3[nH]cc(c23)-c2cnc(o2)-c2nc(oc24)[C@H](C(C)C)NC1=O. The third kappa shape index (κ3) is 4.03. The minimum atomic E-state index is -1.06. The molecule has 1 spiro atoms. The molecule has 4 atom stereocenters. The Bertz CT molecular complexity index is 2500. The van der Waals surface area contributed by atoms with Crippen molar-refractivity contribution >= 4 is 28.6 Å². The number of amides is 2. The lowest BCUT2D eigenvalue weighted by Crippen LogP contribution is -2.49. The molecule has 0 fully saturated rings. The zero-order valence-corrected chi connectivity index (χ0v) is 27.5. The molecular weight excluding hydrogens is 648 g/mol. The standard InChI is InChI=1S/C39H30N6O6/c1-4-13-48-38(47)42-26-15-19-11-12-27-24(14-19)39-23-9-5-8-21(31(23)45-37(39)50-27)20-7-6-10-25-29(20)22(16-40-25)28-17-41-35(49-28)32-33(39)51-36(44-32)30(18(2)3)43-34(26)46/h1,5-12,14,16-18,26,30,37,40,45H,13,15H2,2-3H3,(H,42,47)(H,43,46)/t26-,30-,37?,39-/m0/s1. The van der Waals surface area contributed by atoms with Crippen molar-refractivity contribution in [3.05, 3.63) is 95.3 Å². The molecule has 4 N–H and O–H groups in total. The molecule has 10 rings (SSSR count). The lowest BCUT2D eigenvalue weighted by molar-refractivity contribution is -0.124. The molecule has 12 heteroatoms. The average Bonchev–Trinajstić information content (AvgIpc) is 3.95. The molecule has 0 saturated heterocycles. The van der Waals surface area contributed by atoms with Crippen molar-refractivity contribution in [3.8, 4) is 52.1 Å². The fourth-order valence-corrected chi connectivity index (χ4v) is 8.15. The number of aromatic amines is 1. The van der Waals surface area contributed by atoms with E-state index in [9.17, 15) is 9.59 Å². The van der Waals surface area contributed by atoms with Crippen molar-refractivity contribution in [2.75, 3.05) is 11.9 Å². The molecule has 7 heterocycles. The van der Waals surface area contributed by atoms with E-state index in [-0.39, 0.29) is 30.7 Å². The highest BCUT2D eigenvalue weighted by Gasteiger charge is 2.61. The molecule has 3 aromatic heterocycles. The second-order valence-electron chi connectivity index (χ2n) is 13.6.